The fourth-order valence-corrected chi connectivity index (χ4v) is 3.29. The Bertz CT molecular complexity index is 1130. The van der Waals surface area contributed by atoms with Crippen molar-refractivity contribution in [2.24, 2.45) is 0 Å². The highest BCUT2D eigenvalue weighted by Gasteiger charge is 2.20. The molecule has 29 heavy (non-hydrogen) atoms. The molecular formula is C20H18BrClN4O3. The lowest BCUT2D eigenvalue weighted by molar-refractivity contribution is -0.136. The number of aromatic nitrogens is 1. The lowest BCUT2D eigenvalue weighted by Crippen LogP contribution is -2.39. The Morgan fingerprint density at radius 2 is 1.83 bits per heavy atom. The van der Waals surface area contributed by atoms with Gasteiger partial charge in [0.05, 0.1) is 5.52 Å². The third kappa shape index (κ3) is 4.60. The van der Waals surface area contributed by atoms with Gasteiger partial charge in [-0.05, 0) is 55.8 Å². The fourth-order valence-electron chi connectivity index (χ4n) is 2.73. The van der Waals surface area contributed by atoms with Crippen LogP contribution >= 0.6 is 27.5 Å². The summed E-state index contributed by atoms with van der Waals surface area (Å²) in [6, 6.07) is 12.1. The highest BCUT2D eigenvalue weighted by molar-refractivity contribution is 9.10. The molecule has 3 aromatic rings. The average Bonchev–Trinajstić information content (AvgIpc) is 3.02. The van der Waals surface area contributed by atoms with Gasteiger partial charge >= 0.3 is 11.8 Å². The van der Waals surface area contributed by atoms with E-state index in [2.05, 4.69) is 32.0 Å². The monoisotopic (exact) mass is 476 g/mol. The molecule has 0 aliphatic carbocycles. The molecule has 3 rings (SSSR count). The third-order valence-electron chi connectivity index (χ3n) is 4.18. The van der Waals surface area contributed by atoms with E-state index in [0.29, 0.717) is 28.2 Å². The number of rotatable bonds is 4. The van der Waals surface area contributed by atoms with Gasteiger partial charge in [0.25, 0.3) is 5.91 Å². The number of likely N-dealkylation sites (N-methyl/N-ethyl adjacent to an activating group) is 1. The largest absolute Gasteiger partial charge is 0.348 e. The van der Waals surface area contributed by atoms with Crippen LogP contribution in [0.2, 0.25) is 5.02 Å². The predicted octanol–water partition coefficient (Wildman–Crippen LogP) is 3.82. The quantitative estimate of drug-likeness (QED) is 0.499. The van der Waals surface area contributed by atoms with Crippen LogP contribution in [0.5, 0.6) is 0 Å². The maximum atomic E-state index is 12.9. The van der Waals surface area contributed by atoms with Crippen molar-refractivity contribution in [1.29, 1.82) is 0 Å². The zero-order valence-electron chi connectivity index (χ0n) is 15.7. The summed E-state index contributed by atoms with van der Waals surface area (Å²) in [7, 11) is 0. The lowest BCUT2D eigenvalue weighted by Gasteiger charge is -2.13. The van der Waals surface area contributed by atoms with Crippen LogP contribution in [0.25, 0.3) is 10.9 Å². The maximum Gasteiger partial charge on any atom is 0.328 e. The molecule has 0 saturated carbocycles. The van der Waals surface area contributed by atoms with E-state index in [1.807, 2.05) is 13.0 Å². The number of hydrogen-bond donors (Lipinski definition) is 3. The number of carbonyl (C=O) groups is 3. The number of halogens is 2. The number of fused-ring (bicyclic) bond motifs is 1. The van der Waals surface area contributed by atoms with Crippen molar-refractivity contribution in [3.8, 4) is 0 Å². The normalized spacial score (nSPS) is 10.6. The zero-order valence-corrected chi connectivity index (χ0v) is 18.0. The Balaban J connectivity index is 1.98. The number of hydrogen-bond acceptors (Lipinski definition) is 3. The van der Waals surface area contributed by atoms with Gasteiger partial charge < -0.3 is 10.6 Å². The molecule has 0 spiro atoms. The second-order valence-electron chi connectivity index (χ2n) is 6.29. The Kier molecular flexibility index (Phi) is 6.24. The molecule has 2 aromatic carbocycles. The van der Waals surface area contributed by atoms with Crippen LogP contribution in [0.1, 0.15) is 23.0 Å². The molecule has 0 saturated heterocycles. The van der Waals surface area contributed by atoms with E-state index in [4.69, 9.17) is 11.6 Å². The number of carbonyl (C=O) groups excluding carboxylic acids is 3. The van der Waals surface area contributed by atoms with Gasteiger partial charge in [0.2, 0.25) is 0 Å². The molecule has 1 heterocycles. The van der Waals surface area contributed by atoms with Crippen LogP contribution in [0.15, 0.2) is 46.9 Å². The summed E-state index contributed by atoms with van der Waals surface area (Å²) in [5, 5.41) is 6.43. The van der Waals surface area contributed by atoms with Gasteiger partial charge in [0.1, 0.15) is 5.69 Å². The molecule has 0 aliphatic heterocycles. The van der Waals surface area contributed by atoms with Gasteiger partial charge in [0.15, 0.2) is 0 Å². The van der Waals surface area contributed by atoms with Crippen LogP contribution in [0.3, 0.4) is 0 Å². The summed E-state index contributed by atoms with van der Waals surface area (Å²) in [5.74, 6) is -2.13. The van der Waals surface area contributed by atoms with Crippen molar-refractivity contribution < 1.29 is 14.4 Å². The summed E-state index contributed by atoms with van der Waals surface area (Å²) in [6.07, 6.45) is 0. The van der Waals surface area contributed by atoms with Gasteiger partial charge in [-0.15, -0.1) is 0 Å². The molecule has 3 amide bonds. The molecule has 0 radical (unpaired) electrons. The minimum absolute atomic E-state index is 0.160. The summed E-state index contributed by atoms with van der Waals surface area (Å²) >= 11 is 9.52. The lowest BCUT2D eigenvalue weighted by atomic mass is 10.2. The number of benzene rings is 2. The van der Waals surface area contributed by atoms with Crippen LogP contribution in [-0.2, 0) is 9.59 Å². The van der Waals surface area contributed by atoms with E-state index in [1.165, 1.54) is 4.68 Å². The number of amides is 3. The van der Waals surface area contributed by atoms with Crippen LogP contribution in [-0.4, -0.2) is 28.9 Å². The average molecular weight is 478 g/mol. The Morgan fingerprint density at radius 3 is 2.52 bits per heavy atom. The van der Waals surface area contributed by atoms with Crippen molar-refractivity contribution >= 4 is 61.8 Å². The maximum absolute atomic E-state index is 12.9. The molecule has 0 atom stereocenters. The smallest absolute Gasteiger partial charge is 0.328 e. The number of nitrogens with zero attached hydrogens (tertiary/aromatic N) is 1. The molecule has 0 fully saturated rings. The Hall–Kier alpha value is -2.84. The van der Waals surface area contributed by atoms with Gasteiger partial charge in [0, 0.05) is 27.1 Å². The van der Waals surface area contributed by atoms with Crippen molar-refractivity contribution in [1.82, 2.24) is 9.99 Å². The van der Waals surface area contributed by atoms with Gasteiger partial charge in [-0.25, -0.2) is 4.68 Å². The van der Waals surface area contributed by atoms with Crippen molar-refractivity contribution in [3.63, 3.8) is 0 Å². The number of anilines is 1. The molecule has 0 aliphatic rings. The van der Waals surface area contributed by atoms with Crippen molar-refractivity contribution in [2.75, 3.05) is 17.3 Å². The molecule has 9 heteroatoms. The molecule has 0 unspecified atom stereocenters. The summed E-state index contributed by atoms with van der Waals surface area (Å²) < 4.78 is 2.11. The van der Waals surface area contributed by atoms with E-state index in [9.17, 15) is 14.4 Å². The first-order valence-electron chi connectivity index (χ1n) is 8.78. The van der Waals surface area contributed by atoms with E-state index in [0.717, 1.165) is 10.0 Å². The van der Waals surface area contributed by atoms with E-state index in [1.54, 1.807) is 43.3 Å². The Morgan fingerprint density at radius 1 is 1.07 bits per heavy atom. The SMILES string of the molecule is CCNC(=O)C(=O)Nn1c(C(=O)Nc2ccc(C)c(Cl)c2)cc2cc(Br)ccc21. The van der Waals surface area contributed by atoms with E-state index >= 15 is 0 Å². The topological polar surface area (TPSA) is 92.2 Å². The van der Waals surface area contributed by atoms with Gasteiger partial charge in [-0.1, -0.05) is 33.6 Å². The van der Waals surface area contributed by atoms with E-state index in [-0.39, 0.29) is 5.69 Å². The van der Waals surface area contributed by atoms with Crippen LogP contribution in [0.4, 0.5) is 5.69 Å². The van der Waals surface area contributed by atoms with Crippen molar-refractivity contribution in [2.45, 2.75) is 13.8 Å². The second kappa shape index (κ2) is 8.67. The first-order valence-corrected chi connectivity index (χ1v) is 9.95. The molecule has 3 N–H and O–H groups in total. The highest BCUT2D eigenvalue weighted by atomic mass is 79.9. The van der Waals surface area contributed by atoms with Crippen molar-refractivity contribution in [3.05, 3.63) is 63.2 Å². The third-order valence-corrected chi connectivity index (χ3v) is 5.08. The fraction of sp³-hybridized carbons (Fsp3) is 0.150. The van der Waals surface area contributed by atoms with E-state index < -0.39 is 17.7 Å². The predicted molar refractivity (Wildman–Crippen MR) is 117 cm³/mol. The molecular weight excluding hydrogens is 460 g/mol. The second-order valence-corrected chi connectivity index (χ2v) is 7.61. The first-order chi connectivity index (χ1) is 13.8. The number of aryl methyl sites for hydroxylation is 1. The molecule has 7 nitrogen and oxygen atoms in total. The molecule has 1 aromatic heterocycles. The van der Waals surface area contributed by atoms with Gasteiger partial charge in [-0.3, -0.25) is 19.8 Å². The zero-order chi connectivity index (χ0) is 21.1. The summed E-state index contributed by atoms with van der Waals surface area (Å²) in [5.41, 5.74) is 4.61. The highest BCUT2D eigenvalue weighted by Crippen LogP contribution is 2.25. The first kappa shape index (κ1) is 20.9. The summed E-state index contributed by atoms with van der Waals surface area (Å²) in [4.78, 5) is 37.0. The minimum Gasteiger partial charge on any atom is -0.348 e. The minimum atomic E-state index is -0.875. The van der Waals surface area contributed by atoms with Gasteiger partial charge in [-0.2, -0.15) is 0 Å². The standard InChI is InChI=1S/C20H18BrClN4O3/c1-3-23-19(28)20(29)25-26-16-7-5-13(21)8-12(16)9-17(26)18(27)24-14-6-4-11(2)15(22)10-14/h4-10H,3H2,1-2H3,(H,23,28)(H,24,27)(H,25,29). The van der Waals surface area contributed by atoms with Crippen LogP contribution < -0.4 is 16.1 Å². The van der Waals surface area contributed by atoms with Crippen LogP contribution in [0, 0.1) is 6.92 Å². The molecule has 0 bridgehead atoms. The summed E-state index contributed by atoms with van der Waals surface area (Å²) in [6.45, 7) is 3.88. The number of nitrogens with one attached hydrogen (secondary N) is 3. The Labute approximate surface area is 180 Å². The molecule has 150 valence electrons.